The summed E-state index contributed by atoms with van der Waals surface area (Å²) in [5.41, 5.74) is 4.05. The van der Waals surface area contributed by atoms with Crippen LogP contribution in [0.15, 0.2) is 31.0 Å². The van der Waals surface area contributed by atoms with E-state index in [4.69, 9.17) is 4.74 Å². The molecule has 0 aliphatic heterocycles. The summed E-state index contributed by atoms with van der Waals surface area (Å²) >= 11 is 0. The summed E-state index contributed by atoms with van der Waals surface area (Å²) in [6.07, 6.45) is 3.71. The van der Waals surface area contributed by atoms with E-state index >= 15 is 0 Å². The van der Waals surface area contributed by atoms with E-state index in [9.17, 15) is 0 Å². The van der Waals surface area contributed by atoms with Crippen LogP contribution in [0.3, 0.4) is 0 Å². The molecule has 0 saturated heterocycles. The van der Waals surface area contributed by atoms with Crippen molar-refractivity contribution in [2.45, 2.75) is 40.2 Å². The minimum atomic E-state index is 0.627. The lowest BCUT2D eigenvalue weighted by Crippen LogP contribution is -1.98. The molecular weight excluding hydrogens is 196 g/mol. The van der Waals surface area contributed by atoms with E-state index in [1.807, 2.05) is 0 Å². The van der Waals surface area contributed by atoms with Crippen molar-refractivity contribution >= 4 is 0 Å². The van der Waals surface area contributed by atoms with Crippen molar-refractivity contribution < 1.29 is 4.74 Å². The standard InChI is InChI=1S/C15H22O/c1-5-13-8-14(7-12(3)4)10-15(9-13)11-16-6-2/h6,8-10,12H,2,5,7,11H2,1,3-4H3. The van der Waals surface area contributed by atoms with Crippen LogP contribution in [0.1, 0.15) is 37.5 Å². The molecule has 0 N–H and O–H groups in total. The monoisotopic (exact) mass is 218 g/mol. The van der Waals surface area contributed by atoms with E-state index < -0.39 is 0 Å². The summed E-state index contributed by atoms with van der Waals surface area (Å²) in [5, 5.41) is 0. The summed E-state index contributed by atoms with van der Waals surface area (Å²) in [6.45, 7) is 10.9. The molecule has 0 fully saturated rings. The van der Waals surface area contributed by atoms with Gasteiger partial charge in [0.05, 0.1) is 6.26 Å². The zero-order valence-electron chi connectivity index (χ0n) is 10.6. The van der Waals surface area contributed by atoms with Gasteiger partial charge in [0.25, 0.3) is 0 Å². The van der Waals surface area contributed by atoms with E-state index in [0.29, 0.717) is 12.5 Å². The van der Waals surface area contributed by atoms with E-state index in [1.165, 1.54) is 23.0 Å². The van der Waals surface area contributed by atoms with Crippen LogP contribution >= 0.6 is 0 Å². The van der Waals surface area contributed by atoms with Crippen molar-refractivity contribution in [1.29, 1.82) is 0 Å². The van der Waals surface area contributed by atoms with Gasteiger partial charge in [0.2, 0.25) is 0 Å². The van der Waals surface area contributed by atoms with Crippen molar-refractivity contribution in [2.75, 3.05) is 0 Å². The van der Waals surface area contributed by atoms with Crippen LogP contribution in [0.25, 0.3) is 0 Å². The second kappa shape index (κ2) is 6.37. The highest BCUT2D eigenvalue weighted by molar-refractivity contribution is 5.30. The van der Waals surface area contributed by atoms with Crippen LogP contribution in [-0.4, -0.2) is 0 Å². The first-order valence-electron chi connectivity index (χ1n) is 6.00. The van der Waals surface area contributed by atoms with Crippen molar-refractivity contribution in [3.63, 3.8) is 0 Å². The molecule has 1 aromatic rings. The van der Waals surface area contributed by atoms with E-state index in [-0.39, 0.29) is 0 Å². The fourth-order valence-electron chi connectivity index (χ4n) is 1.87. The highest BCUT2D eigenvalue weighted by Gasteiger charge is 2.02. The molecule has 1 aromatic carbocycles. The zero-order chi connectivity index (χ0) is 12.0. The molecule has 0 spiro atoms. The van der Waals surface area contributed by atoms with Crippen LogP contribution in [0.2, 0.25) is 0 Å². The van der Waals surface area contributed by atoms with Gasteiger partial charge in [-0.1, -0.05) is 45.5 Å². The Kier molecular flexibility index (Phi) is 5.10. The van der Waals surface area contributed by atoms with Gasteiger partial charge >= 0.3 is 0 Å². The van der Waals surface area contributed by atoms with Crippen molar-refractivity contribution in [2.24, 2.45) is 5.92 Å². The Hall–Kier alpha value is -1.24. The smallest absolute Gasteiger partial charge is 0.112 e. The summed E-state index contributed by atoms with van der Waals surface area (Å²) in [7, 11) is 0. The maximum Gasteiger partial charge on any atom is 0.112 e. The lowest BCUT2D eigenvalue weighted by molar-refractivity contribution is 0.237. The molecule has 0 amide bonds. The van der Waals surface area contributed by atoms with E-state index in [0.717, 1.165) is 12.8 Å². The third kappa shape index (κ3) is 4.09. The predicted octanol–water partition coefficient (Wildman–Crippen LogP) is 4.11. The average Bonchev–Trinajstić information content (AvgIpc) is 2.25. The molecule has 16 heavy (non-hydrogen) atoms. The van der Waals surface area contributed by atoms with Gasteiger partial charge in [-0.15, -0.1) is 0 Å². The Morgan fingerprint density at radius 2 is 1.81 bits per heavy atom. The second-order valence-electron chi connectivity index (χ2n) is 4.59. The largest absolute Gasteiger partial charge is 0.497 e. The molecule has 1 heteroatoms. The molecule has 1 nitrogen and oxygen atoms in total. The molecule has 0 bridgehead atoms. The molecule has 0 saturated carbocycles. The normalized spacial score (nSPS) is 10.5. The van der Waals surface area contributed by atoms with Gasteiger partial charge in [-0.2, -0.15) is 0 Å². The fourth-order valence-corrected chi connectivity index (χ4v) is 1.87. The molecule has 0 unspecified atom stereocenters. The topological polar surface area (TPSA) is 9.23 Å². The maximum atomic E-state index is 5.24. The lowest BCUT2D eigenvalue weighted by atomic mass is 9.98. The molecule has 0 radical (unpaired) electrons. The van der Waals surface area contributed by atoms with E-state index in [1.54, 1.807) is 0 Å². The summed E-state index contributed by atoms with van der Waals surface area (Å²) in [6, 6.07) is 6.76. The van der Waals surface area contributed by atoms with Gasteiger partial charge in [-0.25, -0.2) is 0 Å². The Balaban J connectivity index is 2.86. The van der Waals surface area contributed by atoms with Gasteiger partial charge in [0, 0.05) is 0 Å². The Morgan fingerprint density at radius 3 is 2.38 bits per heavy atom. The maximum absolute atomic E-state index is 5.24. The van der Waals surface area contributed by atoms with Gasteiger partial charge in [0.15, 0.2) is 0 Å². The molecule has 0 atom stereocenters. The average molecular weight is 218 g/mol. The first-order valence-corrected chi connectivity index (χ1v) is 6.00. The van der Waals surface area contributed by atoms with Gasteiger partial charge in [-0.05, 0) is 35.4 Å². The van der Waals surface area contributed by atoms with Crippen LogP contribution in [-0.2, 0) is 24.2 Å². The minimum Gasteiger partial charge on any atom is -0.497 e. The van der Waals surface area contributed by atoms with Crippen molar-refractivity contribution in [1.82, 2.24) is 0 Å². The second-order valence-corrected chi connectivity index (χ2v) is 4.59. The number of rotatable bonds is 6. The van der Waals surface area contributed by atoms with Gasteiger partial charge < -0.3 is 4.74 Å². The van der Waals surface area contributed by atoms with Crippen LogP contribution in [0, 0.1) is 5.92 Å². The van der Waals surface area contributed by atoms with Crippen molar-refractivity contribution in [3.8, 4) is 0 Å². The first-order chi connectivity index (χ1) is 7.65. The highest BCUT2D eigenvalue weighted by Crippen LogP contribution is 2.15. The Bertz CT molecular complexity index is 339. The third-order valence-electron chi connectivity index (χ3n) is 2.53. The molecule has 88 valence electrons. The molecular formula is C15H22O. The first kappa shape index (κ1) is 12.8. The summed E-state index contributed by atoms with van der Waals surface area (Å²) in [5.74, 6) is 0.695. The fraction of sp³-hybridized carbons (Fsp3) is 0.467. The predicted molar refractivity (Wildman–Crippen MR) is 69.3 cm³/mol. The number of hydrogen-bond acceptors (Lipinski definition) is 1. The van der Waals surface area contributed by atoms with Crippen molar-refractivity contribution in [3.05, 3.63) is 47.7 Å². The molecule has 0 aliphatic rings. The summed E-state index contributed by atoms with van der Waals surface area (Å²) in [4.78, 5) is 0. The molecule has 1 rings (SSSR count). The van der Waals surface area contributed by atoms with E-state index in [2.05, 4.69) is 45.5 Å². The zero-order valence-corrected chi connectivity index (χ0v) is 10.6. The molecule has 0 aliphatic carbocycles. The van der Waals surface area contributed by atoms with Crippen LogP contribution in [0.5, 0.6) is 0 Å². The Morgan fingerprint density at radius 1 is 1.19 bits per heavy atom. The molecule has 0 heterocycles. The molecule has 0 aromatic heterocycles. The quantitative estimate of drug-likeness (QED) is 0.653. The minimum absolute atomic E-state index is 0.627. The Labute approximate surface area is 99.1 Å². The van der Waals surface area contributed by atoms with Crippen LogP contribution in [0.4, 0.5) is 0 Å². The number of aryl methyl sites for hydroxylation is 1. The number of benzene rings is 1. The van der Waals surface area contributed by atoms with Gasteiger partial charge in [-0.3, -0.25) is 0 Å². The number of hydrogen-bond donors (Lipinski definition) is 0. The lowest BCUT2D eigenvalue weighted by Gasteiger charge is -2.10. The van der Waals surface area contributed by atoms with Gasteiger partial charge in [0.1, 0.15) is 6.61 Å². The summed E-state index contributed by atoms with van der Waals surface area (Å²) < 4.78 is 5.24. The SMILES string of the molecule is C=COCc1cc(CC)cc(CC(C)C)c1. The highest BCUT2D eigenvalue weighted by atomic mass is 16.5. The number of ether oxygens (including phenoxy) is 1. The third-order valence-corrected chi connectivity index (χ3v) is 2.53. The van der Waals surface area contributed by atoms with Crippen LogP contribution < -0.4 is 0 Å².